The van der Waals surface area contributed by atoms with E-state index < -0.39 is 6.04 Å². The van der Waals surface area contributed by atoms with Crippen molar-refractivity contribution < 1.29 is 14.3 Å². The first-order valence-electron chi connectivity index (χ1n) is 8.08. The molecule has 1 aliphatic heterocycles. The molecule has 3 rings (SSSR count). The number of imide groups is 1. The third-order valence-electron chi connectivity index (χ3n) is 4.47. The molecule has 0 radical (unpaired) electrons. The van der Waals surface area contributed by atoms with Crippen LogP contribution in [-0.2, 0) is 9.59 Å². The van der Waals surface area contributed by atoms with Crippen LogP contribution in [0.2, 0.25) is 0 Å². The second-order valence-corrected chi connectivity index (χ2v) is 6.16. The van der Waals surface area contributed by atoms with Crippen molar-refractivity contribution in [2.75, 3.05) is 7.11 Å². The zero-order valence-electron chi connectivity index (χ0n) is 14.2. The van der Waals surface area contributed by atoms with Crippen LogP contribution in [0.15, 0.2) is 42.5 Å². The fourth-order valence-corrected chi connectivity index (χ4v) is 3.47. The van der Waals surface area contributed by atoms with Gasteiger partial charge < -0.3 is 4.74 Å². The maximum atomic E-state index is 12.3. The predicted octanol–water partition coefficient (Wildman–Crippen LogP) is 3.55. The number of rotatable bonds is 4. The molecule has 0 bridgehead atoms. The molecular formula is C20H21NO3. The van der Waals surface area contributed by atoms with E-state index in [1.807, 2.05) is 56.3 Å². The molecule has 1 unspecified atom stereocenters. The Morgan fingerprint density at radius 2 is 1.46 bits per heavy atom. The molecule has 1 atom stereocenters. The van der Waals surface area contributed by atoms with Gasteiger partial charge in [-0.1, -0.05) is 30.3 Å². The number of nitrogens with zero attached hydrogens (tertiary/aromatic N) is 1. The Morgan fingerprint density at radius 3 is 1.96 bits per heavy atom. The van der Waals surface area contributed by atoms with Gasteiger partial charge in [0.2, 0.25) is 11.8 Å². The topological polar surface area (TPSA) is 46.6 Å². The zero-order valence-corrected chi connectivity index (χ0v) is 14.2. The molecule has 1 aliphatic rings. The van der Waals surface area contributed by atoms with E-state index in [1.54, 1.807) is 7.11 Å². The Kier molecular flexibility index (Phi) is 4.38. The summed E-state index contributed by atoms with van der Waals surface area (Å²) < 4.78 is 5.44. The van der Waals surface area contributed by atoms with Crippen molar-refractivity contribution >= 4 is 11.8 Å². The van der Waals surface area contributed by atoms with E-state index in [2.05, 4.69) is 0 Å². The van der Waals surface area contributed by atoms with Crippen molar-refractivity contribution in [1.82, 2.24) is 4.90 Å². The number of hydrogen-bond donors (Lipinski definition) is 0. The Labute approximate surface area is 142 Å². The van der Waals surface area contributed by atoms with Crippen LogP contribution in [0.4, 0.5) is 0 Å². The van der Waals surface area contributed by atoms with Gasteiger partial charge in [-0.25, -0.2) is 0 Å². The van der Waals surface area contributed by atoms with E-state index in [0.717, 1.165) is 28.0 Å². The molecule has 4 nitrogen and oxygen atoms in total. The second-order valence-electron chi connectivity index (χ2n) is 6.16. The fourth-order valence-electron chi connectivity index (χ4n) is 3.47. The molecule has 1 heterocycles. The second kappa shape index (κ2) is 6.48. The Balaban J connectivity index is 2.16. The molecule has 1 fully saturated rings. The molecule has 24 heavy (non-hydrogen) atoms. The summed E-state index contributed by atoms with van der Waals surface area (Å²) in [5.41, 5.74) is 3.85. The lowest BCUT2D eigenvalue weighted by atomic mass is 9.94. The standard InChI is InChI=1S/C20H21NO3/c1-13-11-16(12-14(2)20(13)24-3)19(15-7-5-4-6-8-15)21-17(22)9-10-18(21)23/h4-8,11-12,19H,9-10H2,1-3H3. The van der Waals surface area contributed by atoms with E-state index in [4.69, 9.17) is 4.74 Å². The van der Waals surface area contributed by atoms with Crippen LogP contribution in [0, 0.1) is 13.8 Å². The van der Waals surface area contributed by atoms with Gasteiger partial charge in [0.05, 0.1) is 13.2 Å². The maximum Gasteiger partial charge on any atom is 0.230 e. The number of carbonyl (C=O) groups excluding carboxylic acids is 2. The molecule has 0 aliphatic carbocycles. The monoisotopic (exact) mass is 323 g/mol. The van der Waals surface area contributed by atoms with Crippen molar-refractivity contribution in [2.45, 2.75) is 32.7 Å². The zero-order chi connectivity index (χ0) is 17.3. The molecular weight excluding hydrogens is 302 g/mol. The summed E-state index contributed by atoms with van der Waals surface area (Å²) >= 11 is 0. The Hall–Kier alpha value is -2.62. The van der Waals surface area contributed by atoms with Crippen LogP contribution in [0.1, 0.15) is 41.1 Å². The molecule has 2 aromatic carbocycles. The Bertz CT molecular complexity index is 744. The molecule has 4 heteroatoms. The lowest BCUT2D eigenvalue weighted by molar-refractivity contribution is -0.140. The van der Waals surface area contributed by atoms with Gasteiger partial charge in [-0.3, -0.25) is 14.5 Å². The van der Waals surface area contributed by atoms with Crippen molar-refractivity contribution in [2.24, 2.45) is 0 Å². The van der Waals surface area contributed by atoms with Gasteiger partial charge in [0.15, 0.2) is 0 Å². The van der Waals surface area contributed by atoms with Crippen LogP contribution >= 0.6 is 0 Å². The third-order valence-corrected chi connectivity index (χ3v) is 4.47. The van der Waals surface area contributed by atoms with E-state index in [-0.39, 0.29) is 24.7 Å². The molecule has 124 valence electrons. The first-order valence-corrected chi connectivity index (χ1v) is 8.08. The normalized spacial score (nSPS) is 15.7. The summed E-state index contributed by atoms with van der Waals surface area (Å²) in [6.45, 7) is 3.95. The van der Waals surface area contributed by atoms with E-state index >= 15 is 0 Å². The van der Waals surface area contributed by atoms with E-state index in [0.29, 0.717) is 0 Å². The number of carbonyl (C=O) groups is 2. The minimum absolute atomic E-state index is 0.111. The number of methoxy groups -OCH3 is 1. The summed E-state index contributed by atoms with van der Waals surface area (Å²) in [4.78, 5) is 26.1. The predicted molar refractivity (Wildman–Crippen MR) is 91.8 cm³/mol. The third kappa shape index (κ3) is 2.80. The first kappa shape index (κ1) is 16.2. The molecule has 2 aromatic rings. The van der Waals surface area contributed by atoms with Crippen molar-refractivity contribution in [1.29, 1.82) is 0 Å². The van der Waals surface area contributed by atoms with Gasteiger partial charge in [-0.2, -0.15) is 0 Å². The summed E-state index contributed by atoms with van der Waals surface area (Å²) in [6.07, 6.45) is 0.576. The summed E-state index contributed by atoms with van der Waals surface area (Å²) in [7, 11) is 1.65. The summed E-state index contributed by atoms with van der Waals surface area (Å²) in [5, 5.41) is 0. The average Bonchev–Trinajstić information content (AvgIpc) is 2.88. The number of amides is 2. The first-order chi connectivity index (χ1) is 11.5. The molecule has 2 amide bonds. The van der Waals surface area contributed by atoms with Crippen LogP contribution in [0.25, 0.3) is 0 Å². The fraction of sp³-hybridized carbons (Fsp3) is 0.300. The molecule has 0 spiro atoms. The minimum atomic E-state index is -0.392. The SMILES string of the molecule is COc1c(C)cc(C(c2ccccc2)N2C(=O)CCC2=O)cc1C. The summed E-state index contributed by atoms with van der Waals surface area (Å²) in [6, 6.07) is 13.3. The van der Waals surface area contributed by atoms with Crippen LogP contribution in [0.3, 0.4) is 0 Å². The molecule has 1 saturated heterocycles. The Morgan fingerprint density at radius 1 is 0.917 bits per heavy atom. The number of aryl methyl sites for hydroxylation is 2. The number of hydrogen-bond acceptors (Lipinski definition) is 3. The smallest absolute Gasteiger partial charge is 0.230 e. The highest BCUT2D eigenvalue weighted by Gasteiger charge is 2.36. The van der Waals surface area contributed by atoms with Crippen molar-refractivity contribution in [3.63, 3.8) is 0 Å². The van der Waals surface area contributed by atoms with Gasteiger partial charge in [0.1, 0.15) is 5.75 Å². The number of benzene rings is 2. The van der Waals surface area contributed by atoms with Crippen LogP contribution in [-0.4, -0.2) is 23.8 Å². The van der Waals surface area contributed by atoms with Crippen LogP contribution < -0.4 is 4.74 Å². The van der Waals surface area contributed by atoms with Gasteiger partial charge in [0, 0.05) is 12.8 Å². The maximum absolute atomic E-state index is 12.3. The summed E-state index contributed by atoms with van der Waals surface area (Å²) in [5.74, 6) is 0.615. The minimum Gasteiger partial charge on any atom is -0.496 e. The van der Waals surface area contributed by atoms with Gasteiger partial charge in [0.25, 0.3) is 0 Å². The van der Waals surface area contributed by atoms with Gasteiger partial charge in [-0.05, 0) is 48.2 Å². The number of ether oxygens (including phenoxy) is 1. The number of likely N-dealkylation sites (tertiary alicyclic amines) is 1. The lowest BCUT2D eigenvalue weighted by Crippen LogP contribution is -2.34. The quantitative estimate of drug-likeness (QED) is 0.808. The van der Waals surface area contributed by atoms with Crippen molar-refractivity contribution in [3.05, 3.63) is 64.7 Å². The van der Waals surface area contributed by atoms with Crippen molar-refractivity contribution in [3.8, 4) is 5.75 Å². The highest BCUT2D eigenvalue weighted by atomic mass is 16.5. The van der Waals surface area contributed by atoms with E-state index in [1.165, 1.54) is 4.90 Å². The van der Waals surface area contributed by atoms with Gasteiger partial charge in [-0.15, -0.1) is 0 Å². The molecule has 0 N–H and O–H groups in total. The van der Waals surface area contributed by atoms with E-state index in [9.17, 15) is 9.59 Å². The van der Waals surface area contributed by atoms with Crippen LogP contribution in [0.5, 0.6) is 5.75 Å². The molecule has 0 saturated carbocycles. The average molecular weight is 323 g/mol. The highest BCUT2D eigenvalue weighted by Crippen LogP contribution is 2.36. The largest absolute Gasteiger partial charge is 0.496 e. The lowest BCUT2D eigenvalue weighted by Gasteiger charge is -2.28. The van der Waals surface area contributed by atoms with Gasteiger partial charge >= 0.3 is 0 Å². The molecule has 0 aromatic heterocycles. The highest BCUT2D eigenvalue weighted by molar-refractivity contribution is 6.02.